The summed E-state index contributed by atoms with van der Waals surface area (Å²) in [6.07, 6.45) is 18.8. The Bertz CT molecular complexity index is 262. The Morgan fingerprint density at radius 1 is 0.783 bits per heavy atom. The van der Waals surface area contributed by atoms with Crippen molar-refractivity contribution in [1.82, 2.24) is 5.32 Å². The maximum Gasteiger partial charge on any atom is 0.265 e. The van der Waals surface area contributed by atoms with Crippen molar-refractivity contribution < 1.29 is 9.90 Å². The van der Waals surface area contributed by atoms with E-state index in [1.54, 1.807) is 0 Å². The van der Waals surface area contributed by atoms with Crippen LogP contribution in [0.4, 0.5) is 0 Å². The van der Waals surface area contributed by atoms with E-state index in [4.69, 9.17) is 16.7 Å². The molecule has 0 rings (SSSR count). The highest BCUT2D eigenvalue weighted by molar-refractivity contribution is 6.64. The molecule has 0 heterocycles. The van der Waals surface area contributed by atoms with Crippen molar-refractivity contribution in [3.63, 3.8) is 0 Å². The fourth-order valence-electron chi connectivity index (χ4n) is 2.82. The Balaban J connectivity index is 3.04. The number of halogens is 1. The lowest BCUT2D eigenvalue weighted by molar-refractivity contribution is -0.120. The lowest BCUT2D eigenvalue weighted by Gasteiger charge is -2.07. The van der Waals surface area contributed by atoms with Crippen molar-refractivity contribution in [2.24, 2.45) is 0 Å². The number of carbonyl (C=O) groups is 1. The third-order valence-corrected chi connectivity index (χ3v) is 4.54. The van der Waals surface area contributed by atoms with Gasteiger partial charge in [-0.15, -0.1) is 0 Å². The molecule has 4 heteroatoms. The highest BCUT2D eigenvalue weighted by Gasteiger charge is 2.09. The molecule has 0 spiro atoms. The summed E-state index contributed by atoms with van der Waals surface area (Å²) in [6.45, 7) is 2.92. The number of unbranched alkanes of at least 4 members (excludes halogenated alkanes) is 14. The van der Waals surface area contributed by atoms with Crippen LogP contribution >= 0.6 is 11.6 Å². The van der Waals surface area contributed by atoms with Gasteiger partial charge in [0.15, 0.2) is 6.23 Å². The molecule has 0 aromatic rings. The Hall–Kier alpha value is -0.120. The lowest BCUT2D eigenvalue weighted by atomic mass is 10.0. The topological polar surface area (TPSA) is 49.3 Å². The first-order valence-electron chi connectivity index (χ1n) is 9.79. The molecule has 0 saturated heterocycles. The number of nitrogens with one attached hydrogen (secondary N) is 1. The first-order valence-corrected chi connectivity index (χ1v) is 10.2. The van der Waals surface area contributed by atoms with Gasteiger partial charge in [0.1, 0.15) is 0 Å². The zero-order chi connectivity index (χ0) is 17.2. The predicted molar refractivity (Wildman–Crippen MR) is 99.8 cm³/mol. The fraction of sp³-hybridized carbons (Fsp3) is 0.947. The van der Waals surface area contributed by atoms with E-state index in [1.165, 1.54) is 83.5 Å². The molecule has 0 saturated carbocycles. The van der Waals surface area contributed by atoms with Gasteiger partial charge in [-0.3, -0.25) is 10.1 Å². The minimum atomic E-state index is -1.21. The summed E-state index contributed by atoms with van der Waals surface area (Å²) in [5, 5.41) is 11.1. The molecule has 1 atom stereocenters. The van der Waals surface area contributed by atoms with Gasteiger partial charge in [0.25, 0.3) is 5.24 Å². The molecular formula is C19H38ClNO2. The molecule has 0 radical (unpaired) electrons. The highest BCUT2D eigenvalue weighted by Crippen LogP contribution is 2.13. The van der Waals surface area contributed by atoms with Crippen LogP contribution in [0.3, 0.4) is 0 Å². The van der Waals surface area contributed by atoms with Crippen LogP contribution in [0.15, 0.2) is 0 Å². The zero-order valence-corrected chi connectivity index (χ0v) is 15.9. The van der Waals surface area contributed by atoms with E-state index in [0.29, 0.717) is 6.54 Å². The maximum atomic E-state index is 10.6. The van der Waals surface area contributed by atoms with Crippen molar-refractivity contribution in [2.75, 3.05) is 6.54 Å². The summed E-state index contributed by atoms with van der Waals surface area (Å²) in [5.74, 6) is 0. The molecule has 0 aliphatic rings. The average Bonchev–Trinajstić information content (AvgIpc) is 2.54. The Morgan fingerprint density at radius 2 is 1.13 bits per heavy atom. The Morgan fingerprint density at radius 3 is 1.48 bits per heavy atom. The second kappa shape index (κ2) is 18.2. The molecule has 2 N–H and O–H groups in total. The van der Waals surface area contributed by atoms with Gasteiger partial charge in [-0.25, -0.2) is 0 Å². The van der Waals surface area contributed by atoms with Crippen LogP contribution in [0.5, 0.6) is 0 Å². The normalized spacial score (nSPS) is 12.5. The van der Waals surface area contributed by atoms with Gasteiger partial charge >= 0.3 is 0 Å². The largest absolute Gasteiger partial charge is 0.370 e. The zero-order valence-electron chi connectivity index (χ0n) is 15.1. The van der Waals surface area contributed by atoms with Crippen LogP contribution in [0.25, 0.3) is 0 Å². The van der Waals surface area contributed by atoms with E-state index in [1.807, 2.05) is 0 Å². The van der Waals surface area contributed by atoms with Gasteiger partial charge in [0, 0.05) is 0 Å². The molecule has 0 amide bonds. The van der Waals surface area contributed by atoms with Crippen LogP contribution in [0.1, 0.15) is 103 Å². The van der Waals surface area contributed by atoms with Crippen LogP contribution in [0.2, 0.25) is 0 Å². The molecule has 1 unspecified atom stereocenters. The van der Waals surface area contributed by atoms with E-state index in [-0.39, 0.29) is 0 Å². The lowest BCUT2D eigenvalue weighted by Crippen LogP contribution is -2.34. The monoisotopic (exact) mass is 347 g/mol. The summed E-state index contributed by atoms with van der Waals surface area (Å²) < 4.78 is 0. The smallest absolute Gasteiger partial charge is 0.265 e. The van der Waals surface area contributed by atoms with Gasteiger partial charge in [0.05, 0.1) is 0 Å². The maximum absolute atomic E-state index is 10.6. The average molecular weight is 348 g/mol. The molecular weight excluding hydrogens is 310 g/mol. The standard InChI is InChI=1S/C19H38ClNO2/c1-2-3-4-5-6-7-8-9-10-11-12-13-14-15-16-17-21-19(23)18(20)22/h19,21,23H,2-17H2,1H3. The number of aliphatic hydroxyl groups is 1. The summed E-state index contributed by atoms with van der Waals surface area (Å²) in [4.78, 5) is 10.6. The Kier molecular flexibility index (Phi) is 18.1. The molecule has 3 nitrogen and oxygen atoms in total. The second-order valence-corrected chi connectivity index (χ2v) is 6.98. The Labute approximate surface area is 148 Å². The molecule has 0 fully saturated rings. The molecule has 138 valence electrons. The molecule has 0 aliphatic carbocycles. The van der Waals surface area contributed by atoms with Crippen molar-refractivity contribution >= 4 is 16.8 Å². The van der Waals surface area contributed by atoms with Gasteiger partial charge in [-0.1, -0.05) is 96.8 Å². The third kappa shape index (κ3) is 18.1. The highest BCUT2D eigenvalue weighted by atomic mass is 35.5. The molecule has 0 aromatic heterocycles. The second-order valence-electron chi connectivity index (χ2n) is 6.61. The summed E-state index contributed by atoms with van der Waals surface area (Å²) in [5.41, 5.74) is 0. The van der Waals surface area contributed by atoms with Crippen LogP contribution in [0, 0.1) is 0 Å². The number of carbonyl (C=O) groups excluding carboxylic acids is 1. The summed E-state index contributed by atoms with van der Waals surface area (Å²) in [7, 11) is 0. The van der Waals surface area contributed by atoms with Crippen LogP contribution < -0.4 is 5.32 Å². The minimum Gasteiger partial charge on any atom is -0.370 e. The summed E-state index contributed by atoms with van der Waals surface area (Å²) >= 11 is 5.15. The molecule has 23 heavy (non-hydrogen) atoms. The quantitative estimate of drug-likeness (QED) is 0.195. The van der Waals surface area contributed by atoms with E-state index >= 15 is 0 Å². The van der Waals surface area contributed by atoms with E-state index < -0.39 is 11.5 Å². The number of hydrogen-bond acceptors (Lipinski definition) is 3. The van der Waals surface area contributed by atoms with Gasteiger partial charge in [-0.05, 0) is 24.6 Å². The number of rotatable bonds is 18. The number of aliphatic hydroxyl groups excluding tert-OH is 1. The van der Waals surface area contributed by atoms with Crippen LogP contribution in [-0.2, 0) is 4.79 Å². The summed E-state index contributed by atoms with van der Waals surface area (Å²) in [6, 6.07) is 0. The fourth-order valence-corrected chi connectivity index (χ4v) is 2.89. The van der Waals surface area contributed by atoms with Crippen molar-refractivity contribution in [1.29, 1.82) is 0 Å². The van der Waals surface area contributed by atoms with E-state index in [2.05, 4.69) is 12.2 Å². The van der Waals surface area contributed by atoms with E-state index in [0.717, 1.165) is 12.8 Å². The molecule has 0 aliphatic heterocycles. The predicted octanol–water partition coefficient (Wildman–Crippen LogP) is 5.53. The first-order chi connectivity index (χ1) is 11.2. The van der Waals surface area contributed by atoms with Gasteiger partial charge in [0.2, 0.25) is 0 Å². The van der Waals surface area contributed by atoms with Gasteiger partial charge < -0.3 is 5.11 Å². The van der Waals surface area contributed by atoms with Crippen molar-refractivity contribution in [3.05, 3.63) is 0 Å². The number of hydrogen-bond donors (Lipinski definition) is 2. The molecule has 0 bridgehead atoms. The van der Waals surface area contributed by atoms with Crippen molar-refractivity contribution in [3.8, 4) is 0 Å². The first kappa shape index (κ1) is 22.9. The van der Waals surface area contributed by atoms with Gasteiger partial charge in [-0.2, -0.15) is 0 Å². The van der Waals surface area contributed by atoms with E-state index in [9.17, 15) is 4.79 Å². The van der Waals surface area contributed by atoms with Crippen molar-refractivity contribution in [2.45, 2.75) is 109 Å². The van der Waals surface area contributed by atoms with Crippen LogP contribution in [-0.4, -0.2) is 23.1 Å². The minimum absolute atomic E-state index is 0.651. The third-order valence-electron chi connectivity index (χ3n) is 4.33. The molecule has 0 aromatic carbocycles. The SMILES string of the molecule is CCCCCCCCCCCCCCCCCNC(O)C(=O)Cl.